The smallest absolute Gasteiger partial charge is 0.00708 e. The van der Waals surface area contributed by atoms with Crippen LogP contribution >= 0.6 is 0 Å². The van der Waals surface area contributed by atoms with Crippen molar-refractivity contribution in [2.45, 2.75) is 44.6 Å². The molecule has 19 heavy (non-hydrogen) atoms. The highest BCUT2D eigenvalue weighted by Crippen LogP contribution is 2.34. The lowest BCUT2D eigenvalue weighted by Crippen LogP contribution is -2.33. The maximum absolute atomic E-state index is 5.84. The van der Waals surface area contributed by atoms with E-state index < -0.39 is 0 Å². The fourth-order valence-corrected chi connectivity index (χ4v) is 3.97. The molecule has 2 N–H and O–H groups in total. The predicted octanol–water partition coefficient (Wildman–Crippen LogP) is 2.78. The van der Waals surface area contributed by atoms with Gasteiger partial charge in [0.05, 0.1) is 0 Å². The molecular weight excluding hydrogens is 232 g/mol. The van der Waals surface area contributed by atoms with E-state index in [2.05, 4.69) is 36.1 Å². The van der Waals surface area contributed by atoms with Gasteiger partial charge in [0.15, 0.2) is 0 Å². The molecule has 1 aromatic rings. The Morgan fingerprint density at radius 3 is 2.95 bits per heavy atom. The number of likely N-dealkylation sites (tertiary alicyclic amines) is 1. The normalized spacial score (nSPS) is 31.4. The van der Waals surface area contributed by atoms with Gasteiger partial charge >= 0.3 is 0 Å². The zero-order valence-corrected chi connectivity index (χ0v) is 12.0. The summed E-state index contributed by atoms with van der Waals surface area (Å²) in [4.78, 5) is 2.67. The Morgan fingerprint density at radius 2 is 2.16 bits per heavy atom. The van der Waals surface area contributed by atoms with Crippen LogP contribution in [0.1, 0.15) is 43.2 Å². The van der Waals surface area contributed by atoms with Gasteiger partial charge in [-0.15, -0.1) is 0 Å². The van der Waals surface area contributed by atoms with Gasteiger partial charge in [-0.3, -0.25) is 4.90 Å². The van der Waals surface area contributed by atoms with Crippen LogP contribution in [0.2, 0.25) is 0 Å². The summed E-state index contributed by atoms with van der Waals surface area (Å²) in [6.45, 7) is 5.65. The van der Waals surface area contributed by atoms with Crippen molar-refractivity contribution in [1.82, 2.24) is 4.90 Å². The van der Waals surface area contributed by atoms with E-state index in [1.807, 2.05) is 0 Å². The summed E-state index contributed by atoms with van der Waals surface area (Å²) < 4.78 is 0. The third-order valence-corrected chi connectivity index (χ3v) is 5.07. The van der Waals surface area contributed by atoms with E-state index in [4.69, 9.17) is 5.73 Å². The molecule has 3 rings (SSSR count). The van der Waals surface area contributed by atoms with Gasteiger partial charge < -0.3 is 5.73 Å². The molecular formula is C17H26N2. The number of hydrogen-bond donors (Lipinski definition) is 1. The highest BCUT2D eigenvalue weighted by atomic mass is 15.2. The van der Waals surface area contributed by atoms with E-state index in [0.717, 1.165) is 12.5 Å². The minimum Gasteiger partial charge on any atom is -0.330 e. The van der Waals surface area contributed by atoms with Crippen LogP contribution in [-0.4, -0.2) is 30.6 Å². The first-order valence-corrected chi connectivity index (χ1v) is 7.80. The molecule has 0 aromatic heterocycles. The third kappa shape index (κ3) is 2.70. The molecule has 0 bridgehead atoms. The van der Waals surface area contributed by atoms with E-state index in [-0.39, 0.29) is 0 Å². The van der Waals surface area contributed by atoms with Crippen LogP contribution in [0.5, 0.6) is 0 Å². The fourth-order valence-electron chi connectivity index (χ4n) is 3.97. The molecule has 1 aliphatic carbocycles. The zero-order chi connectivity index (χ0) is 13.2. The minimum atomic E-state index is 0.711. The monoisotopic (exact) mass is 258 g/mol. The van der Waals surface area contributed by atoms with E-state index in [1.165, 1.54) is 38.8 Å². The van der Waals surface area contributed by atoms with Crippen LogP contribution in [0.25, 0.3) is 0 Å². The average Bonchev–Trinajstić information content (AvgIpc) is 2.80. The number of nitrogens with two attached hydrogens (primary N) is 1. The molecule has 1 aliphatic heterocycles. The van der Waals surface area contributed by atoms with Gasteiger partial charge in [0.1, 0.15) is 0 Å². The van der Waals surface area contributed by atoms with Crippen molar-refractivity contribution >= 4 is 0 Å². The topological polar surface area (TPSA) is 29.3 Å². The maximum atomic E-state index is 5.84. The van der Waals surface area contributed by atoms with Crippen molar-refractivity contribution in [1.29, 1.82) is 0 Å². The first-order valence-electron chi connectivity index (χ1n) is 7.80. The van der Waals surface area contributed by atoms with Gasteiger partial charge in [0.2, 0.25) is 0 Å². The van der Waals surface area contributed by atoms with Crippen LogP contribution < -0.4 is 5.73 Å². The number of nitrogens with zero attached hydrogens (tertiary/aromatic N) is 1. The van der Waals surface area contributed by atoms with Crippen LogP contribution in [0, 0.1) is 5.92 Å². The predicted molar refractivity (Wildman–Crippen MR) is 80.3 cm³/mol. The molecule has 1 fully saturated rings. The van der Waals surface area contributed by atoms with Crippen molar-refractivity contribution in [2.24, 2.45) is 11.7 Å². The lowest BCUT2D eigenvalue weighted by molar-refractivity contribution is 0.239. The highest BCUT2D eigenvalue weighted by molar-refractivity contribution is 5.32. The molecule has 104 valence electrons. The average molecular weight is 258 g/mol. The summed E-state index contributed by atoms with van der Waals surface area (Å²) in [7, 11) is 0. The van der Waals surface area contributed by atoms with E-state index in [0.29, 0.717) is 12.0 Å². The summed E-state index contributed by atoms with van der Waals surface area (Å²) >= 11 is 0. The fraction of sp³-hybridized carbons (Fsp3) is 0.647. The van der Waals surface area contributed by atoms with E-state index >= 15 is 0 Å². The van der Waals surface area contributed by atoms with Crippen molar-refractivity contribution in [3.05, 3.63) is 35.4 Å². The van der Waals surface area contributed by atoms with E-state index in [9.17, 15) is 0 Å². The molecule has 2 aliphatic rings. The van der Waals surface area contributed by atoms with Gasteiger partial charge in [0.25, 0.3) is 0 Å². The summed E-state index contributed by atoms with van der Waals surface area (Å²) in [6, 6.07) is 9.76. The SMILES string of the molecule is CC1CC(CN)CN1CC1CCCc2ccccc21. The Morgan fingerprint density at radius 1 is 1.32 bits per heavy atom. The number of rotatable bonds is 3. The van der Waals surface area contributed by atoms with Crippen molar-refractivity contribution in [2.75, 3.05) is 19.6 Å². The quantitative estimate of drug-likeness (QED) is 0.903. The highest BCUT2D eigenvalue weighted by Gasteiger charge is 2.31. The molecule has 3 atom stereocenters. The second kappa shape index (κ2) is 5.64. The Labute approximate surface area is 117 Å². The molecule has 0 radical (unpaired) electrons. The maximum Gasteiger partial charge on any atom is 0.00708 e. The molecule has 1 saturated heterocycles. The van der Waals surface area contributed by atoms with Gasteiger partial charge in [-0.1, -0.05) is 24.3 Å². The molecule has 2 heteroatoms. The molecule has 1 heterocycles. The standard InChI is InChI=1S/C17H26N2/c1-13-9-14(10-18)11-19(13)12-16-7-4-6-15-5-2-3-8-17(15)16/h2-3,5,8,13-14,16H,4,6-7,9-12,18H2,1H3. The van der Waals surface area contributed by atoms with Gasteiger partial charge in [-0.25, -0.2) is 0 Å². The van der Waals surface area contributed by atoms with Gasteiger partial charge in [-0.2, -0.15) is 0 Å². The zero-order valence-electron chi connectivity index (χ0n) is 12.0. The van der Waals surface area contributed by atoms with Crippen LogP contribution in [0.4, 0.5) is 0 Å². The summed E-state index contributed by atoms with van der Waals surface area (Å²) in [6.07, 6.45) is 5.26. The second-order valence-electron chi connectivity index (χ2n) is 6.43. The Kier molecular flexibility index (Phi) is 3.90. The summed E-state index contributed by atoms with van der Waals surface area (Å²) in [5.41, 5.74) is 9.03. The van der Waals surface area contributed by atoms with Crippen LogP contribution in [0.3, 0.4) is 0 Å². The summed E-state index contributed by atoms with van der Waals surface area (Å²) in [5, 5.41) is 0. The molecule has 3 unspecified atom stereocenters. The number of benzene rings is 1. The second-order valence-corrected chi connectivity index (χ2v) is 6.43. The molecule has 1 aromatic carbocycles. The number of aryl methyl sites for hydroxylation is 1. The minimum absolute atomic E-state index is 0.711. The van der Waals surface area contributed by atoms with Crippen molar-refractivity contribution in [3.8, 4) is 0 Å². The van der Waals surface area contributed by atoms with Crippen molar-refractivity contribution in [3.63, 3.8) is 0 Å². The molecule has 0 amide bonds. The molecule has 0 spiro atoms. The summed E-state index contributed by atoms with van der Waals surface area (Å²) in [5.74, 6) is 1.46. The first kappa shape index (κ1) is 13.1. The van der Waals surface area contributed by atoms with Crippen LogP contribution in [-0.2, 0) is 6.42 Å². The number of hydrogen-bond acceptors (Lipinski definition) is 2. The lowest BCUT2D eigenvalue weighted by Gasteiger charge is -2.31. The third-order valence-electron chi connectivity index (χ3n) is 5.07. The first-order chi connectivity index (χ1) is 9.28. The van der Waals surface area contributed by atoms with E-state index in [1.54, 1.807) is 11.1 Å². The lowest BCUT2D eigenvalue weighted by atomic mass is 9.82. The molecule has 2 nitrogen and oxygen atoms in total. The Balaban J connectivity index is 1.71. The Hall–Kier alpha value is -0.860. The van der Waals surface area contributed by atoms with Crippen molar-refractivity contribution < 1.29 is 0 Å². The number of fused-ring (bicyclic) bond motifs is 1. The van der Waals surface area contributed by atoms with Gasteiger partial charge in [-0.05, 0) is 62.1 Å². The van der Waals surface area contributed by atoms with Gasteiger partial charge in [0, 0.05) is 19.1 Å². The Bertz CT molecular complexity index is 429. The molecule has 0 saturated carbocycles. The largest absolute Gasteiger partial charge is 0.330 e. The van der Waals surface area contributed by atoms with Crippen LogP contribution in [0.15, 0.2) is 24.3 Å².